The number of rotatable bonds is 1. The van der Waals surface area contributed by atoms with Crippen molar-refractivity contribution in [3.05, 3.63) is 29.3 Å². The van der Waals surface area contributed by atoms with Crippen molar-refractivity contribution in [3.63, 3.8) is 0 Å². The SMILES string of the molecule is Cc1ccc(C)c(N2C(=S)CCC2=S)c1. The Kier molecular flexibility index (Phi) is 2.85. The van der Waals surface area contributed by atoms with Gasteiger partial charge in [-0.25, -0.2) is 0 Å². The van der Waals surface area contributed by atoms with Crippen LogP contribution in [0.4, 0.5) is 5.69 Å². The Morgan fingerprint density at radius 2 is 1.67 bits per heavy atom. The van der Waals surface area contributed by atoms with Gasteiger partial charge in [0.2, 0.25) is 0 Å². The summed E-state index contributed by atoms with van der Waals surface area (Å²) < 4.78 is 0. The fraction of sp³-hybridized carbons (Fsp3) is 0.333. The predicted octanol–water partition coefficient (Wildman–Crippen LogP) is 3.56. The van der Waals surface area contributed by atoms with Gasteiger partial charge in [0.25, 0.3) is 0 Å². The molecule has 0 bridgehead atoms. The van der Waals surface area contributed by atoms with Crippen molar-refractivity contribution < 1.29 is 0 Å². The summed E-state index contributed by atoms with van der Waals surface area (Å²) in [7, 11) is 0. The summed E-state index contributed by atoms with van der Waals surface area (Å²) in [5, 5.41) is 0. The molecule has 0 aliphatic carbocycles. The molecule has 78 valence electrons. The highest BCUT2D eigenvalue weighted by molar-refractivity contribution is 7.82. The molecule has 1 fully saturated rings. The number of hydrogen-bond donors (Lipinski definition) is 0. The first-order valence-electron chi connectivity index (χ1n) is 5.02. The van der Waals surface area contributed by atoms with Crippen molar-refractivity contribution >= 4 is 40.1 Å². The van der Waals surface area contributed by atoms with Crippen LogP contribution in [0, 0.1) is 13.8 Å². The van der Waals surface area contributed by atoms with Gasteiger partial charge in [-0.2, -0.15) is 0 Å². The van der Waals surface area contributed by atoms with E-state index >= 15 is 0 Å². The largest absolute Gasteiger partial charge is 0.298 e. The molecule has 1 aliphatic heterocycles. The van der Waals surface area contributed by atoms with Gasteiger partial charge >= 0.3 is 0 Å². The van der Waals surface area contributed by atoms with E-state index in [0.717, 1.165) is 28.5 Å². The van der Waals surface area contributed by atoms with E-state index in [9.17, 15) is 0 Å². The Labute approximate surface area is 101 Å². The fourth-order valence-corrected chi connectivity index (χ4v) is 2.48. The normalized spacial score (nSPS) is 16.3. The molecule has 1 aromatic rings. The van der Waals surface area contributed by atoms with E-state index in [4.69, 9.17) is 24.4 Å². The molecule has 1 aliphatic rings. The van der Waals surface area contributed by atoms with Gasteiger partial charge < -0.3 is 0 Å². The number of thiocarbonyl (C=S) groups is 2. The number of anilines is 1. The summed E-state index contributed by atoms with van der Waals surface area (Å²) in [5.41, 5.74) is 3.63. The lowest BCUT2D eigenvalue weighted by atomic mass is 10.1. The van der Waals surface area contributed by atoms with Crippen LogP contribution in [-0.4, -0.2) is 9.98 Å². The topological polar surface area (TPSA) is 3.24 Å². The van der Waals surface area contributed by atoms with Gasteiger partial charge in [0, 0.05) is 12.8 Å². The molecule has 1 nitrogen and oxygen atoms in total. The number of aryl methyl sites for hydroxylation is 2. The van der Waals surface area contributed by atoms with E-state index in [1.807, 2.05) is 4.90 Å². The zero-order valence-corrected chi connectivity index (χ0v) is 10.5. The molecule has 3 heteroatoms. The molecule has 1 aromatic carbocycles. The van der Waals surface area contributed by atoms with Crippen LogP contribution >= 0.6 is 24.4 Å². The average molecular weight is 235 g/mol. The molecule has 0 N–H and O–H groups in total. The molecule has 15 heavy (non-hydrogen) atoms. The second kappa shape index (κ2) is 3.99. The molecule has 0 radical (unpaired) electrons. The third kappa shape index (κ3) is 1.94. The van der Waals surface area contributed by atoms with Gasteiger partial charge in [0.15, 0.2) is 0 Å². The van der Waals surface area contributed by atoms with Crippen LogP contribution < -0.4 is 4.90 Å². The quantitative estimate of drug-likeness (QED) is 0.685. The van der Waals surface area contributed by atoms with Gasteiger partial charge in [0.05, 0.1) is 15.7 Å². The van der Waals surface area contributed by atoms with Gasteiger partial charge in [0.1, 0.15) is 0 Å². The first-order chi connectivity index (χ1) is 7.09. The number of nitrogens with zero attached hydrogens (tertiary/aromatic N) is 1. The first-order valence-corrected chi connectivity index (χ1v) is 5.84. The maximum absolute atomic E-state index is 5.34. The number of hydrogen-bond acceptors (Lipinski definition) is 2. The fourth-order valence-electron chi connectivity index (χ4n) is 1.81. The van der Waals surface area contributed by atoms with E-state index < -0.39 is 0 Å². The Balaban J connectivity index is 2.48. The molecule has 0 unspecified atom stereocenters. The van der Waals surface area contributed by atoms with Crippen LogP contribution in [0.2, 0.25) is 0 Å². The molecule has 0 saturated carbocycles. The van der Waals surface area contributed by atoms with E-state index in [-0.39, 0.29) is 0 Å². The summed E-state index contributed by atoms with van der Waals surface area (Å²) in [6.07, 6.45) is 1.84. The lowest BCUT2D eigenvalue weighted by Gasteiger charge is -2.21. The molecule has 2 rings (SSSR count). The van der Waals surface area contributed by atoms with Crippen LogP contribution in [-0.2, 0) is 0 Å². The molecule has 0 atom stereocenters. The highest BCUT2D eigenvalue weighted by atomic mass is 32.1. The maximum Gasteiger partial charge on any atom is 0.0877 e. The molecule has 1 heterocycles. The van der Waals surface area contributed by atoms with Crippen molar-refractivity contribution in [2.45, 2.75) is 26.7 Å². The Hall–Kier alpha value is -0.800. The minimum atomic E-state index is 0.918. The maximum atomic E-state index is 5.34. The van der Waals surface area contributed by atoms with Crippen LogP contribution in [0.1, 0.15) is 24.0 Å². The third-order valence-electron chi connectivity index (χ3n) is 2.66. The zero-order valence-electron chi connectivity index (χ0n) is 8.91. The van der Waals surface area contributed by atoms with Gasteiger partial charge in [-0.3, -0.25) is 4.90 Å². The molecule has 0 spiro atoms. The van der Waals surface area contributed by atoms with Crippen molar-refractivity contribution in [1.29, 1.82) is 0 Å². The van der Waals surface area contributed by atoms with Gasteiger partial charge in [-0.15, -0.1) is 0 Å². The summed E-state index contributed by atoms with van der Waals surface area (Å²) in [4.78, 5) is 3.95. The van der Waals surface area contributed by atoms with E-state index in [2.05, 4.69) is 32.0 Å². The van der Waals surface area contributed by atoms with Crippen LogP contribution in [0.25, 0.3) is 0 Å². The monoisotopic (exact) mass is 235 g/mol. The zero-order chi connectivity index (χ0) is 11.0. The second-order valence-corrected chi connectivity index (χ2v) is 4.86. The summed E-state index contributed by atoms with van der Waals surface area (Å²) >= 11 is 10.7. The van der Waals surface area contributed by atoms with Crippen molar-refractivity contribution in [2.24, 2.45) is 0 Å². The van der Waals surface area contributed by atoms with E-state index in [1.165, 1.54) is 11.1 Å². The summed E-state index contributed by atoms with van der Waals surface area (Å²) in [6, 6.07) is 6.38. The lowest BCUT2D eigenvalue weighted by Crippen LogP contribution is -2.26. The third-order valence-corrected chi connectivity index (χ3v) is 3.43. The average Bonchev–Trinajstić information content (AvgIpc) is 2.51. The van der Waals surface area contributed by atoms with Crippen molar-refractivity contribution in [1.82, 2.24) is 0 Å². The lowest BCUT2D eigenvalue weighted by molar-refractivity contribution is 1.23. The molecule has 1 saturated heterocycles. The Bertz CT molecular complexity index is 421. The molecule has 0 aromatic heterocycles. The first kappa shape index (κ1) is 10.7. The van der Waals surface area contributed by atoms with E-state index in [1.54, 1.807) is 0 Å². The van der Waals surface area contributed by atoms with E-state index in [0.29, 0.717) is 0 Å². The highest BCUT2D eigenvalue weighted by Crippen LogP contribution is 2.28. The minimum absolute atomic E-state index is 0.918. The van der Waals surface area contributed by atoms with Crippen LogP contribution in [0.15, 0.2) is 18.2 Å². The smallest absolute Gasteiger partial charge is 0.0877 e. The summed E-state index contributed by atoms with van der Waals surface area (Å²) in [6.45, 7) is 4.18. The molecular formula is C12H13NS2. The van der Waals surface area contributed by atoms with Gasteiger partial charge in [-0.05, 0) is 31.0 Å². The van der Waals surface area contributed by atoms with Crippen molar-refractivity contribution in [2.75, 3.05) is 4.90 Å². The molecule has 0 amide bonds. The minimum Gasteiger partial charge on any atom is -0.298 e. The Morgan fingerprint density at radius 3 is 2.27 bits per heavy atom. The molecular weight excluding hydrogens is 222 g/mol. The highest BCUT2D eigenvalue weighted by Gasteiger charge is 2.24. The predicted molar refractivity (Wildman–Crippen MR) is 72.8 cm³/mol. The van der Waals surface area contributed by atoms with Crippen molar-refractivity contribution in [3.8, 4) is 0 Å². The Morgan fingerprint density at radius 1 is 1.07 bits per heavy atom. The summed E-state index contributed by atoms with van der Waals surface area (Å²) in [5.74, 6) is 0. The second-order valence-electron chi connectivity index (χ2n) is 3.91. The standard InChI is InChI=1S/C12H13NS2/c1-8-3-4-9(2)10(7-8)13-11(14)5-6-12(13)15/h3-4,7H,5-6H2,1-2H3. The van der Waals surface area contributed by atoms with Crippen LogP contribution in [0.3, 0.4) is 0 Å². The number of benzene rings is 1. The van der Waals surface area contributed by atoms with Gasteiger partial charge in [-0.1, -0.05) is 36.6 Å². The van der Waals surface area contributed by atoms with Crippen LogP contribution in [0.5, 0.6) is 0 Å².